The van der Waals surface area contributed by atoms with Crippen molar-refractivity contribution in [1.82, 2.24) is 0 Å². The highest BCUT2D eigenvalue weighted by atomic mass is 16.4. The van der Waals surface area contributed by atoms with Gasteiger partial charge in [0.15, 0.2) is 0 Å². The van der Waals surface area contributed by atoms with Gasteiger partial charge in [-0.15, -0.1) is 6.58 Å². The van der Waals surface area contributed by atoms with Crippen LogP contribution in [-0.2, 0) is 4.79 Å². The third-order valence-corrected chi connectivity index (χ3v) is 1.55. The predicted octanol–water partition coefficient (Wildman–Crippen LogP) is 1.92. The van der Waals surface area contributed by atoms with Gasteiger partial charge >= 0.3 is 5.97 Å². The van der Waals surface area contributed by atoms with E-state index < -0.39 is 5.97 Å². The summed E-state index contributed by atoms with van der Waals surface area (Å²) in [5, 5.41) is 8.49. The highest BCUT2D eigenvalue weighted by Gasteiger charge is 2.12. The summed E-state index contributed by atoms with van der Waals surface area (Å²) in [4.78, 5) is 10.3. The molecular formula is C8H14O2. The van der Waals surface area contributed by atoms with Gasteiger partial charge in [-0.25, -0.2) is 0 Å². The monoisotopic (exact) mass is 142 g/mol. The van der Waals surface area contributed by atoms with E-state index in [1.807, 2.05) is 6.92 Å². The Balaban J connectivity index is 3.67. The summed E-state index contributed by atoms with van der Waals surface area (Å²) in [6.45, 7) is 7.26. The zero-order valence-electron chi connectivity index (χ0n) is 6.50. The van der Waals surface area contributed by atoms with Crippen LogP contribution in [0.2, 0.25) is 0 Å². The minimum Gasteiger partial charge on any atom is -0.481 e. The standard InChI is InChI=1S/C8H14O2/c1-4-6(2)5-7(3)8(9)10/h4,6-7H,1,5H2,2-3H3,(H,9,10)/t6-,7-/m0/s1. The van der Waals surface area contributed by atoms with Crippen LogP contribution in [0.3, 0.4) is 0 Å². The van der Waals surface area contributed by atoms with E-state index in [1.165, 1.54) is 0 Å². The first-order chi connectivity index (χ1) is 4.57. The Morgan fingerprint density at radius 2 is 2.20 bits per heavy atom. The highest BCUT2D eigenvalue weighted by molar-refractivity contribution is 5.69. The van der Waals surface area contributed by atoms with Crippen LogP contribution >= 0.6 is 0 Å². The van der Waals surface area contributed by atoms with E-state index in [0.717, 1.165) is 0 Å². The molecule has 0 saturated carbocycles. The topological polar surface area (TPSA) is 37.3 Å². The van der Waals surface area contributed by atoms with E-state index in [-0.39, 0.29) is 5.92 Å². The molecule has 10 heavy (non-hydrogen) atoms. The lowest BCUT2D eigenvalue weighted by Crippen LogP contribution is -2.11. The van der Waals surface area contributed by atoms with Gasteiger partial charge in [-0.2, -0.15) is 0 Å². The molecule has 0 aromatic rings. The third-order valence-electron chi connectivity index (χ3n) is 1.55. The molecule has 58 valence electrons. The van der Waals surface area contributed by atoms with Crippen LogP contribution in [0.1, 0.15) is 20.3 Å². The number of aliphatic carboxylic acids is 1. The van der Waals surface area contributed by atoms with Crippen molar-refractivity contribution in [2.45, 2.75) is 20.3 Å². The summed E-state index contributed by atoms with van der Waals surface area (Å²) in [7, 11) is 0. The summed E-state index contributed by atoms with van der Waals surface area (Å²) < 4.78 is 0. The number of carboxylic acid groups (broad SMARTS) is 1. The summed E-state index contributed by atoms with van der Waals surface area (Å²) in [5.74, 6) is -0.687. The molecule has 2 nitrogen and oxygen atoms in total. The van der Waals surface area contributed by atoms with Crippen molar-refractivity contribution in [3.8, 4) is 0 Å². The van der Waals surface area contributed by atoms with Crippen LogP contribution in [0, 0.1) is 11.8 Å². The molecule has 0 fully saturated rings. The van der Waals surface area contributed by atoms with Gasteiger partial charge < -0.3 is 5.11 Å². The molecule has 0 aromatic heterocycles. The van der Waals surface area contributed by atoms with Crippen molar-refractivity contribution in [2.75, 3.05) is 0 Å². The molecule has 0 aliphatic heterocycles. The van der Waals surface area contributed by atoms with Gasteiger partial charge in [0.2, 0.25) is 0 Å². The Kier molecular flexibility index (Phi) is 3.77. The van der Waals surface area contributed by atoms with E-state index in [0.29, 0.717) is 12.3 Å². The van der Waals surface area contributed by atoms with Gasteiger partial charge in [0.25, 0.3) is 0 Å². The van der Waals surface area contributed by atoms with Gasteiger partial charge in [0, 0.05) is 0 Å². The number of rotatable bonds is 4. The van der Waals surface area contributed by atoms with Gasteiger partial charge in [-0.3, -0.25) is 4.79 Å². The molecule has 0 rings (SSSR count). The minimum atomic E-state index is -0.728. The number of hydrogen-bond donors (Lipinski definition) is 1. The molecule has 0 aliphatic rings. The first kappa shape index (κ1) is 9.21. The second-order valence-electron chi connectivity index (χ2n) is 2.69. The van der Waals surface area contributed by atoms with Crippen LogP contribution in [0.4, 0.5) is 0 Å². The zero-order chi connectivity index (χ0) is 8.15. The average Bonchev–Trinajstić information content (AvgIpc) is 1.87. The zero-order valence-corrected chi connectivity index (χ0v) is 6.50. The lowest BCUT2D eigenvalue weighted by atomic mass is 9.98. The molecule has 0 spiro atoms. The molecule has 0 heterocycles. The van der Waals surface area contributed by atoms with Crippen LogP contribution in [-0.4, -0.2) is 11.1 Å². The fourth-order valence-electron chi connectivity index (χ4n) is 0.755. The fourth-order valence-corrected chi connectivity index (χ4v) is 0.755. The van der Waals surface area contributed by atoms with Gasteiger partial charge in [0.1, 0.15) is 0 Å². The number of carboxylic acids is 1. The van der Waals surface area contributed by atoms with Gasteiger partial charge in [-0.1, -0.05) is 19.9 Å². The summed E-state index contributed by atoms with van der Waals surface area (Å²) >= 11 is 0. The molecule has 0 radical (unpaired) electrons. The Hall–Kier alpha value is -0.790. The van der Waals surface area contributed by atoms with E-state index in [1.54, 1.807) is 13.0 Å². The molecule has 0 saturated heterocycles. The van der Waals surface area contributed by atoms with Crippen molar-refractivity contribution in [1.29, 1.82) is 0 Å². The smallest absolute Gasteiger partial charge is 0.306 e. The van der Waals surface area contributed by atoms with Crippen molar-refractivity contribution in [3.63, 3.8) is 0 Å². The summed E-state index contributed by atoms with van der Waals surface area (Å²) in [6.07, 6.45) is 2.46. The Morgan fingerprint density at radius 3 is 2.50 bits per heavy atom. The van der Waals surface area contributed by atoms with Crippen molar-refractivity contribution >= 4 is 5.97 Å². The van der Waals surface area contributed by atoms with E-state index in [2.05, 4.69) is 6.58 Å². The fraction of sp³-hybridized carbons (Fsp3) is 0.625. The molecule has 1 N–H and O–H groups in total. The lowest BCUT2D eigenvalue weighted by molar-refractivity contribution is -0.141. The molecular weight excluding hydrogens is 128 g/mol. The van der Waals surface area contributed by atoms with Crippen LogP contribution in [0.5, 0.6) is 0 Å². The Bertz CT molecular complexity index is 129. The van der Waals surface area contributed by atoms with Crippen molar-refractivity contribution in [3.05, 3.63) is 12.7 Å². The third kappa shape index (κ3) is 3.28. The minimum absolute atomic E-state index is 0.256. The van der Waals surface area contributed by atoms with E-state index in [9.17, 15) is 4.79 Å². The number of carbonyl (C=O) groups is 1. The number of allylic oxidation sites excluding steroid dienone is 1. The molecule has 2 heteroatoms. The summed E-state index contributed by atoms with van der Waals surface area (Å²) in [5.41, 5.74) is 0. The normalized spacial score (nSPS) is 15.8. The van der Waals surface area contributed by atoms with E-state index >= 15 is 0 Å². The van der Waals surface area contributed by atoms with Crippen LogP contribution in [0.25, 0.3) is 0 Å². The maximum atomic E-state index is 10.3. The highest BCUT2D eigenvalue weighted by Crippen LogP contribution is 2.11. The van der Waals surface area contributed by atoms with Gasteiger partial charge in [0.05, 0.1) is 5.92 Å². The first-order valence-electron chi connectivity index (χ1n) is 3.43. The van der Waals surface area contributed by atoms with Crippen LogP contribution in [0.15, 0.2) is 12.7 Å². The second kappa shape index (κ2) is 4.09. The lowest BCUT2D eigenvalue weighted by Gasteiger charge is -2.08. The molecule has 0 amide bonds. The Labute approximate surface area is 61.6 Å². The molecule has 0 aromatic carbocycles. The molecule has 0 aliphatic carbocycles. The quantitative estimate of drug-likeness (QED) is 0.609. The molecule has 0 bridgehead atoms. The average molecular weight is 142 g/mol. The van der Waals surface area contributed by atoms with Crippen molar-refractivity contribution in [2.24, 2.45) is 11.8 Å². The van der Waals surface area contributed by atoms with Crippen molar-refractivity contribution < 1.29 is 9.90 Å². The number of hydrogen-bond acceptors (Lipinski definition) is 1. The Morgan fingerprint density at radius 1 is 1.70 bits per heavy atom. The first-order valence-corrected chi connectivity index (χ1v) is 3.43. The maximum absolute atomic E-state index is 10.3. The van der Waals surface area contributed by atoms with E-state index in [4.69, 9.17) is 5.11 Å². The largest absolute Gasteiger partial charge is 0.481 e. The van der Waals surface area contributed by atoms with Gasteiger partial charge in [-0.05, 0) is 12.3 Å². The predicted molar refractivity (Wildman–Crippen MR) is 40.8 cm³/mol. The molecule has 0 unspecified atom stereocenters. The second-order valence-corrected chi connectivity index (χ2v) is 2.69. The molecule has 2 atom stereocenters. The van der Waals surface area contributed by atoms with Crippen LogP contribution < -0.4 is 0 Å². The summed E-state index contributed by atoms with van der Waals surface area (Å²) in [6, 6.07) is 0. The SMILES string of the molecule is C=C[C@H](C)C[C@H](C)C(=O)O. The maximum Gasteiger partial charge on any atom is 0.306 e.